The second-order valence-corrected chi connectivity index (χ2v) is 6.69. The van der Waals surface area contributed by atoms with Crippen LogP contribution in [0.5, 0.6) is 0 Å². The summed E-state index contributed by atoms with van der Waals surface area (Å²) in [6.07, 6.45) is 4.10. The smallest absolute Gasteiger partial charge is 0.0475 e. The molecule has 0 spiro atoms. The molecule has 2 aromatic carbocycles. The third kappa shape index (κ3) is 4.66. The Morgan fingerprint density at radius 2 is 1.48 bits per heavy atom. The molecule has 0 amide bonds. The second-order valence-electron chi connectivity index (χ2n) is 6.69. The average molecular weight is 308 g/mol. The molecule has 1 saturated heterocycles. The van der Waals surface area contributed by atoms with Crippen LogP contribution in [0.2, 0.25) is 0 Å². The van der Waals surface area contributed by atoms with E-state index < -0.39 is 0 Å². The minimum atomic E-state index is 0.453. The zero-order valence-electron chi connectivity index (χ0n) is 14.2. The molecule has 0 unspecified atom stereocenters. The van der Waals surface area contributed by atoms with Crippen LogP contribution < -0.4 is 0 Å². The highest BCUT2D eigenvalue weighted by molar-refractivity contribution is 5.21. The van der Waals surface area contributed by atoms with Crippen LogP contribution in [0.1, 0.15) is 36.4 Å². The van der Waals surface area contributed by atoms with Gasteiger partial charge < -0.3 is 4.90 Å². The van der Waals surface area contributed by atoms with Gasteiger partial charge >= 0.3 is 0 Å². The normalized spacial score (nSPS) is 17.3. The van der Waals surface area contributed by atoms with E-state index >= 15 is 0 Å². The Hall–Kier alpha value is -1.64. The van der Waals surface area contributed by atoms with Crippen LogP contribution in [0.4, 0.5) is 0 Å². The van der Waals surface area contributed by atoms with Crippen molar-refractivity contribution in [3.8, 4) is 0 Å². The maximum Gasteiger partial charge on any atom is 0.0475 e. The van der Waals surface area contributed by atoms with Gasteiger partial charge in [0.15, 0.2) is 0 Å². The van der Waals surface area contributed by atoms with E-state index in [4.69, 9.17) is 0 Å². The summed E-state index contributed by atoms with van der Waals surface area (Å²) in [5.74, 6) is 0. The van der Waals surface area contributed by atoms with Crippen LogP contribution in [-0.4, -0.2) is 36.5 Å². The van der Waals surface area contributed by atoms with Crippen molar-refractivity contribution >= 4 is 0 Å². The van der Waals surface area contributed by atoms with Crippen LogP contribution >= 0.6 is 0 Å². The van der Waals surface area contributed by atoms with Crippen LogP contribution in [0.3, 0.4) is 0 Å². The highest BCUT2D eigenvalue weighted by Gasteiger charge is 2.21. The van der Waals surface area contributed by atoms with Gasteiger partial charge in [-0.15, -0.1) is 0 Å². The van der Waals surface area contributed by atoms with Gasteiger partial charge in [-0.3, -0.25) is 4.90 Å². The monoisotopic (exact) mass is 308 g/mol. The molecule has 0 saturated carbocycles. The maximum absolute atomic E-state index is 2.64. The number of rotatable bonds is 6. The van der Waals surface area contributed by atoms with Gasteiger partial charge in [0, 0.05) is 19.1 Å². The molecular weight excluding hydrogens is 280 g/mol. The molecule has 1 heterocycles. The summed E-state index contributed by atoms with van der Waals surface area (Å²) >= 11 is 0. The van der Waals surface area contributed by atoms with Crippen LogP contribution in [-0.2, 0) is 6.54 Å². The number of hydrogen-bond acceptors (Lipinski definition) is 2. The number of piperidine rings is 1. The van der Waals surface area contributed by atoms with E-state index in [1.165, 1.54) is 43.5 Å². The number of benzene rings is 2. The van der Waals surface area contributed by atoms with Crippen LogP contribution in [0, 0.1) is 0 Å². The third-order valence-electron chi connectivity index (χ3n) is 4.87. The number of likely N-dealkylation sites (N-methyl/N-ethyl adjacent to an activating group) is 1. The molecule has 1 atom stereocenters. The van der Waals surface area contributed by atoms with Gasteiger partial charge in [0.1, 0.15) is 0 Å². The predicted octanol–water partition coefficient (Wildman–Crippen LogP) is 4.35. The van der Waals surface area contributed by atoms with Crippen molar-refractivity contribution in [1.82, 2.24) is 9.80 Å². The van der Waals surface area contributed by atoms with Crippen molar-refractivity contribution in [3.05, 3.63) is 71.8 Å². The van der Waals surface area contributed by atoms with Crippen LogP contribution in [0.25, 0.3) is 0 Å². The molecule has 0 N–H and O–H groups in total. The van der Waals surface area contributed by atoms with E-state index in [2.05, 4.69) is 77.5 Å². The summed E-state index contributed by atoms with van der Waals surface area (Å²) in [7, 11) is 2.26. The summed E-state index contributed by atoms with van der Waals surface area (Å²) in [6.45, 7) is 4.63. The van der Waals surface area contributed by atoms with Gasteiger partial charge in [0.25, 0.3) is 0 Å². The Morgan fingerprint density at radius 3 is 2.13 bits per heavy atom. The topological polar surface area (TPSA) is 6.48 Å². The fourth-order valence-corrected chi connectivity index (χ4v) is 3.54. The third-order valence-corrected chi connectivity index (χ3v) is 4.87. The largest absolute Gasteiger partial charge is 0.301 e. The molecule has 0 aliphatic carbocycles. The Labute approximate surface area is 140 Å². The molecule has 0 radical (unpaired) electrons. The van der Waals surface area contributed by atoms with Gasteiger partial charge in [0.05, 0.1) is 0 Å². The first kappa shape index (κ1) is 16.2. The summed E-state index contributed by atoms with van der Waals surface area (Å²) < 4.78 is 0. The van der Waals surface area contributed by atoms with Crippen molar-refractivity contribution in [2.24, 2.45) is 0 Å². The van der Waals surface area contributed by atoms with Crippen LogP contribution in [0.15, 0.2) is 60.7 Å². The Balaban J connectivity index is 1.73. The van der Waals surface area contributed by atoms with E-state index in [1.807, 2.05) is 0 Å². The SMILES string of the molecule is CN(Cc1ccccc1)[C@H](CN1CCCCC1)c1ccccc1. The minimum Gasteiger partial charge on any atom is -0.301 e. The summed E-state index contributed by atoms with van der Waals surface area (Å²) in [5, 5.41) is 0. The van der Waals surface area contributed by atoms with Gasteiger partial charge in [0.2, 0.25) is 0 Å². The molecule has 0 bridgehead atoms. The first-order valence-electron chi connectivity index (χ1n) is 8.84. The first-order valence-corrected chi connectivity index (χ1v) is 8.84. The summed E-state index contributed by atoms with van der Waals surface area (Å²) in [5.41, 5.74) is 2.81. The molecule has 1 fully saturated rings. The molecule has 1 aliphatic rings. The Bertz CT molecular complexity index is 561. The first-order chi connectivity index (χ1) is 11.3. The van der Waals surface area contributed by atoms with E-state index in [1.54, 1.807) is 0 Å². The summed E-state index contributed by atoms with van der Waals surface area (Å²) in [4.78, 5) is 5.14. The molecule has 3 rings (SSSR count). The van der Waals surface area contributed by atoms with Crippen molar-refractivity contribution in [1.29, 1.82) is 0 Å². The minimum absolute atomic E-state index is 0.453. The fourth-order valence-electron chi connectivity index (χ4n) is 3.54. The highest BCUT2D eigenvalue weighted by atomic mass is 15.2. The molecular formula is C21H28N2. The van der Waals surface area contributed by atoms with Gasteiger partial charge in [-0.2, -0.15) is 0 Å². The van der Waals surface area contributed by atoms with Crippen molar-refractivity contribution in [2.45, 2.75) is 31.8 Å². The second kappa shape index (κ2) is 8.28. The van der Waals surface area contributed by atoms with E-state index in [-0.39, 0.29) is 0 Å². The fraction of sp³-hybridized carbons (Fsp3) is 0.429. The number of nitrogens with zero attached hydrogens (tertiary/aromatic N) is 2. The lowest BCUT2D eigenvalue weighted by atomic mass is 10.0. The number of hydrogen-bond donors (Lipinski definition) is 0. The van der Waals surface area contributed by atoms with E-state index in [0.29, 0.717) is 6.04 Å². The molecule has 2 heteroatoms. The van der Waals surface area contributed by atoms with Gasteiger partial charge in [-0.05, 0) is 44.1 Å². The predicted molar refractivity (Wildman–Crippen MR) is 97.4 cm³/mol. The lowest BCUT2D eigenvalue weighted by Crippen LogP contribution is -2.38. The standard InChI is InChI=1S/C21H28N2/c1-22(17-19-11-5-2-6-12-19)21(20-13-7-3-8-14-20)18-23-15-9-4-10-16-23/h2-3,5-8,11-14,21H,4,9-10,15-18H2,1H3/t21-/m1/s1. The van der Waals surface area contributed by atoms with Gasteiger partial charge in [-0.1, -0.05) is 67.1 Å². The molecule has 122 valence electrons. The Kier molecular flexibility index (Phi) is 5.84. The molecule has 2 nitrogen and oxygen atoms in total. The molecule has 23 heavy (non-hydrogen) atoms. The molecule has 2 aromatic rings. The van der Waals surface area contributed by atoms with Gasteiger partial charge in [-0.25, -0.2) is 0 Å². The zero-order chi connectivity index (χ0) is 15.9. The zero-order valence-corrected chi connectivity index (χ0v) is 14.2. The van der Waals surface area contributed by atoms with Crippen molar-refractivity contribution in [3.63, 3.8) is 0 Å². The molecule has 0 aromatic heterocycles. The van der Waals surface area contributed by atoms with Crippen molar-refractivity contribution in [2.75, 3.05) is 26.7 Å². The molecule has 1 aliphatic heterocycles. The maximum atomic E-state index is 2.64. The van der Waals surface area contributed by atoms with Crippen molar-refractivity contribution < 1.29 is 0 Å². The lowest BCUT2D eigenvalue weighted by Gasteiger charge is -2.35. The Morgan fingerprint density at radius 1 is 0.870 bits per heavy atom. The average Bonchev–Trinajstić information content (AvgIpc) is 2.62. The quantitative estimate of drug-likeness (QED) is 0.783. The van der Waals surface area contributed by atoms with E-state index in [9.17, 15) is 0 Å². The lowest BCUT2D eigenvalue weighted by molar-refractivity contribution is 0.140. The number of likely N-dealkylation sites (tertiary alicyclic amines) is 1. The summed E-state index contributed by atoms with van der Waals surface area (Å²) in [6, 6.07) is 22.2. The highest BCUT2D eigenvalue weighted by Crippen LogP contribution is 2.24. The van der Waals surface area contributed by atoms with E-state index in [0.717, 1.165) is 13.1 Å².